The van der Waals surface area contributed by atoms with E-state index in [1.807, 2.05) is 6.07 Å². The summed E-state index contributed by atoms with van der Waals surface area (Å²) in [4.78, 5) is 30.4. The number of nitriles is 1. The van der Waals surface area contributed by atoms with Crippen molar-refractivity contribution >= 4 is 28.6 Å². The van der Waals surface area contributed by atoms with Gasteiger partial charge in [0.1, 0.15) is 11.6 Å². The molecule has 1 heterocycles. The molecule has 0 radical (unpaired) electrons. The van der Waals surface area contributed by atoms with Crippen molar-refractivity contribution in [2.24, 2.45) is 0 Å². The summed E-state index contributed by atoms with van der Waals surface area (Å²) in [6.07, 6.45) is 0. The number of carbonyl (C=O) groups excluding carboxylic acids is 1. The minimum absolute atomic E-state index is 0.0891. The van der Waals surface area contributed by atoms with Crippen LogP contribution in [0.2, 0.25) is 0 Å². The monoisotopic (exact) mass is 476 g/mol. The van der Waals surface area contributed by atoms with Crippen molar-refractivity contribution < 1.29 is 13.6 Å². The molecule has 3 aromatic carbocycles. The molecule has 1 unspecified atom stereocenters. The number of benzene rings is 3. The average Bonchev–Trinajstić information content (AvgIpc) is 2.83. The van der Waals surface area contributed by atoms with E-state index in [0.29, 0.717) is 27.3 Å². The third-order valence-electron chi connectivity index (χ3n) is 5.14. The van der Waals surface area contributed by atoms with Gasteiger partial charge in [0.2, 0.25) is 5.91 Å². The molecule has 1 aromatic heterocycles. The van der Waals surface area contributed by atoms with Gasteiger partial charge in [-0.15, -0.1) is 0 Å². The maximum absolute atomic E-state index is 14.0. The fourth-order valence-electron chi connectivity index (χ4n) is 3.47. The van der Waals surface area contributed by atoms with E-state index in [4.69, 9.17) is 5.26 Å². The molecule has 1 amide bonds. The Morgan fingerprint density at radius 1 is 1.15 bits per heavy atom. The van der Waals surface area contributed by atoms with Gasteiger partial charge in [-0.2, -0.15) is 5.26 Å². The molecule has 0 saturated carbocycles. The van der Waals surface area contributed by atoms with Gasteiger partial charge in [0.25, 0.3) is 5.56 Å². The van der Waals surface area contributed by atoms with Gasteiger partial charge in [-0.05, 0) is 49.4 Å². The van der Waals surface area contributed by atoms with Crippen LogP contribution in [0.3, 0.4) is 0 Å². The molecule has 34 heavy (non-hydrogen) atoms. The second kappa shape index (κ2) is 9.85. The van der Waals surface area contributed by atoms with Crippen LogP contribution >= 0.6 is 11.8 Å². The maximum atomic E-state index is 14.0. The van der Waals surface area contributed by atoms with Crippen LogP contribution < -0.4 is 10.9 Å². The van der Waals surface area contributed by atoms with Gasteiger partial charge in [0.05, 0.1) is 40.0 Å². The summed E-state index contributed by atoms with van der Waals surface area (Å²) < 4.78 is 28.6. The largest absolute Gasteiger partial charge is 0.349 e. The Morgan fingerprint density at radius 3 is 2.59 bits per heavy atom. The summed E-state index contributed by atoms with van der Waals surface area (Å²) in [6.45, 7) is 1.60. The molecule has 9 heteroatoms. The number of nitrogens with one attached hydrogen (secondary N) is 1. The molecule has 1 atom stereocenters. The highest BCUT2D eigenvalue weighted by Crippen LogP contribution is 2.23. The molecule has 4 aromatic rings. The number of amides is 1. The quantitative estimate of drug-likeness (QED) is 0.327. The number of hydrogen-bond donors (Lipinski definition) is 1. The molecule has 6 nitrogen and oxygen atoms in total. The fraction of sp³-hybridized carbons (Fsp3) is 0.120. The first-order valence-electron chi connectivity index (χ1n) is 10.3. The van der Waals surface area contributed by atoms with Gasteiger partial charge in [-0.1, -0.05) is 30.0 Å². The van der Waals surface area contributed by atoms with Crippen LogP contribution in [0, 0.1) is 23.0 Å². The number of carbonyl (C=O) groups is 1. The lowest BCUT2D eigenvalue weighted by molar-refractivity contribution is -0.119. The highest BCUT2D eigenvalue weighted by atomic mass is 32.2. The second-order valence-electron chi connectivity index (χ2n) is 7.45. The van der Waals surface area contributed by atoms with E-state index in [2.05, 4.69) is 10.3 Å². The number of aromatic nitrogens is 2. The number of hydrogen-bond acceptors (Lipinski definition) is 5. The zero-order valence-electron chi connectivity index (χ0n) is 18.0. The topological polar surface area (TPSA) is 87.8 Å². The van der Waals surface area contributed by atoms with E-state index in [0.717, 1.165) is 23.9 Å². The number of thioether (sulfide) groups is 1. The van der Waals surface area contributed by atoms with Crippen molar-refractivity contribution in [1.29, 1.82) is 5.26 Å². The van der Waals surface area contributed by atoms with Crippen molar-refractivity contribution in [2.45, 2.75) is 18.1 Å². The standard InChI is InChI=1S/C25H18F2N4O2S/c1-15(19-11-8-17(26)12-21(19)27)29-23(32)14-34-25-30-22-5-3-2-4-20(22)24(33)31(25)18-9-6-16(13-28)7-10-18/h2-12,15H,14H2,1H3,(H,29,32). The van der Waals surface area contributed by atoms with Crippen LogP contribution in [0.25, 0.3) is 16.6 Å². The highest BCUT2D eigenvalue weighted by Gasteiger charge is 2.17. The van der Waals surface area contributed by atoms with Crippen LogP contribution in [-0.2, 0) is 4.79 Å². The van der Waals surface area contributed by atoms with Crippen LogP contribution in [-0.4, -0.2) is 21.2 Å². The summed E-state index contributed by atoms with van der Waals surface area (Å²) in [7, 11) is 0. The number of nitrogens with zero attached hydrogens (tertiary/aromatic N) is 3. The lowest BCUT2D eigenvalue weighted by Gasteiger charge is -2.16. The van der Waals surface area contributed by atoms with Gasteiger partial charge in [-0.25, -0.2) is 13.8 Å². The first-order chi connectivity index (χ1) is 16.4. The number of rotatable bonds is 6. The van der Waals surface area contributed by atoms with E-state index < -0.39 is 23.6 Å². The molecule has 0 saturated heterocycles. The van der Waals surface area contributed by atoms with Crippen molar-refractivity contribution in [2.75, 3.05) is 5.75 Å². The third-order valence-corrected chi connectivity index (χ3v) is 6.08. The zero-order chi connectivity index (χ0) is 24.2. The maximum Gasteiger partial charge on any atom is 0.266 e. The summed E-state index contributed by atoms with van der Waals surface area (Å²) in [5.41, 5.74) is 1.30. The molecular weight excluding hydrogens is 458 g/mol. The Morgan fingerprint density at radius 2 is 1.88 bits per heavy atom. The predicted octanol–water partition coefficient (Wildman–Crippen LogP) is 4.51. The van der Waals surface area contributed by atoms with Crippen LogP contribution in [0.15, 0.2) is 76.7 Å². The van der Waals surface area contributed by atoms with Gasteiger partial charge in [0, 0.05) is 11.6 Å². The molecule has 0 spiro atoms. The molecule has 170 valence electrons. The summed E-state index contributed by atoms with van der Waals surface area (Å²) in [5, 5.41) is 12.5. The molecule has 0 aliphatic carbocycles. The molecule has 1 N–H and O–H groups in total. The predicted molar refractivity (Wildman–Crippen MR) is 126 cm³/mol. The Bertz CT molecular complexity index is 1480. The Kier molecular flexibility index (Phi) is 6.70. The van der Waals surface area contributed by atoms with Gasteiger partial charge in [-0.3, -0.25) is 14.2 Å². The van der Waals surface area contributed by atoms with Crippen molar-refractivity contribution in [1.82, 2.24) is 14.9 Å². The van der Waals surface area contributed by atoms with Crippen LogP contribution in [0.1, 0.15) is 24.1 Å². The minimum atomic E-state index is -0.744. The Hall–Kier alpha value is -4.03. The van der Waals surface area contributed by atoms with Crippen molar-refractivity contribution in [3.8, 4) is 11.8 Å². The molecule has 0 aliphatic rings. The lowest BCUT2D eigenvalue weighted by Crippen LogP contribution is -2.29. The second-order valence-corrected chi connectivity index (χ2v) is 8.40. The molecule has 4 rings (SSSR count). The Balaban J connectivity index is 1.61. The number of para-hydroxylation sites is 1. The number of halogens is 2. The van der Waals surface area contributed by atoms with Gasteiger partial charge in [0.15, 0.2) is 5.16 Å². The van der Waals surface area contributed by atoms with Gasteiger partial charge >= 0.3 is 0 Å². The lowest BCUT2D eigenvalue weighted by atomic mass is 10.1. The normalized spacial score (nSPS) is 11.7. The first-order valence-corrected chi connectivity index (χ1v) is 11.3. The summed E-state index contributed by atoms with van der Waals surface area (Å²) in [5.74, 6) is -1.94. The smallest absolute Gasteiger partial charge is 0.266 e. The SMILES string of the molecule is CC(NC(=O)CSc1nc2ccccc2c(=O)n1-c1ccc(C#N)cc1)c1ccc(F)cc1F. The van der Waals surface area contributed by atoms with E-state index in [-0.39, 0.29) is 16.9 Å². The number of fused-ring (bicyclic) bond motifs is 1. The van der Waals surface area contributed by atoms with Crippen LogP contribution in [0.5, 0.6) is 0 Å². The molecule has 0 bridgehead atoms. The third kappa shape index (κ3) is 4.82. The highest BCUT2D eigenvalue weighted by molar-refractivity contribution is 7.99. The molecular formula is C25H18F2N4O2S. The van der Waals surface area contributed by atoms with E-state index >= 15 is 0 Å². The summed E-state index contributed by atoms with van der Waals surface area (Å²) in [6, 6.07) is 17.9. The van der Waals surface area contributed by atoms with Crippen molar-refractivity contribution in [3.63, 3.8) is 0 Å². The van der Waals surface area contributed by atoms with Crippen LogP contribution in [0.4, 0.5) is 8.78 Å². The van der Waals surface area contributed by atoms with Crippen molar-refractivity contribution in [3.05, 3.63) is 99.8 Å². The fourth-order valence-corrected chi connectivity index (χ4v) is 4.29. The van der Waals surface area contributed by atoms with E-state index in [9.17, 15) is 18.4 Å². The zero-order valence-corrected chi connectivity index (χ0v) is 18.8. The van der Waals surface area contributed by atoms with E-state index in [1.165, 1.54) is 10.6 Å². The first kappa shape index (κ1) is 23.1. The van der Waals surface area contributed by atoms with Gasteiger partial charge < -0.3 is 5.32 Å². The average molecular weight is 477 g/mol. The van der Waals surface area contributed by atoms with E-state index in [1.54, 1.807) is 55.5 Å². The molecule has 0 aliphatic heterocycles. The summed E-state index contributed by atoms with van der Waals surface area (Å²) >= 11 is 1.05. The Labute approximate surface area is 197 Å². The minimum Gasteiger partial charge on any atom is -0.349 e. The molecule has 0 fully saturated rings.